The van der Waals surface area contributed by atoms with Crippen LogP contribution in [0.1, 0.15) is 18.7 Å². The molecule has 0 aliphatic carbocycles. The highest BCUT2D eigenvalue weighted by molar-refractivity contribution is 5.85. The molecule has 0 spiro atoms. The van der Waals surface area contributed by atoms with Crippen molar-refractivity contribution in [2.24, 2.45) is 13.0 Å². The zero-order valence-electron chi connectivity index (χ0n) is 14.1. The highest BCUT2D eigenvalue weighted by Gasteiger charge is 2.21. The maximum absolute atomic E-state index is 12.5. The lowest BCUT2D eigenvalue weighted by Gasteiger charge is -2.21. The molecule has 1 saturated heterocycles. The molecule has 128 valence electrons. The summed E-state index contributed by atoms with van der Waals surface area (Å²) in [6.45, 7) is 1.83. The maximum Gasteiger partial charge on any atom is 0.143 e. The van der Waals surface area contributed by atoms with Gasteiger partial charge >= 0.3 is 0 Å². The van der Waals surface area contributed by atoms with Crippen molar-refractivity contribution >= 4 is 16.7 Å². The van der Waals surface area contributed by atoms with Crippen molar-refractivity contribution in [3.8, 4) is 11.3 Å². The molecular formula is C18H20N6O. The number of carbonyl (C=O) groups excluding carboxylic acids is 1. The Hall–Kier alpha value is -2.67. The van der Waals surface area contributed by atoms with Crippen molar-refractivity contribution in [2.45, 2.75) is 19.3 Å². The zero-order valence-corrected chi connectivity index (χ0v) is 14.1. The first-order valence-electron chi connectivity index (χ1n) is 8.55. The van der Waals surface area contributed by atoms with Gasteiger partial charge in [0, 0.05) is 30.1 Å². The SMILES string of the molecule is Cn1cc(-c2ccc3cnc(CC(=O)C4CCNCC4)nc3c2)nn1. The second-order valence-electron chi connectivity index (χ2n) is 6.50. The number of piperidine rings is 1. The van der Waals surface area contributed by atoms with Crippen molar-refractivity contribution < 1.29 is 4.79 Å². The minimum Gasteiger partial charge on any atom is -0.317 e. The van der Waals surface area contributed by atoms with E-state index in [1.807, 2.05) is 31.4 Å². The van der Waals surface area contributed by atoms with Crippen LogP contribution in [0.2, 0.25) is 0 Å². The monoisotopic (exact) mass is 336 g/mol. The van der Waals surface area contributed by atoms with E-state index in [2.05, 4.69) is 25.6 Å². The van der Waals surface area contributed by atoms with Gasteiger partial charge in [-0.15, -0.1) is 5.10 Å². The van der Waals surface area contributed by atoms with Crippen LogP contribution in [-0.2, 0) is 18.3 Å². The number of hydrogen-bond donors (Lipinski definition) is 1. The van der Waals surface area contributed by atoms with E-state index in [0.29, 0.717) is 12.2 Å². The summed E-state index contributed by atoms with van der Waals surface area (Å²) >= 11 is 0. The molecule has 2 aromatic heterocycles. The molecule has 1 fully saturated rings. The van der Waals surface area contributed by atoms with Gasteiger partial charge in [-0.25, -0.2) is 9.97 Å². The Morgan fingerprint density at radius 1 is 1.32 bits per heavy atom. The van der Waals surface area contributed by atoms with E-state index in [-0.39, 0.29) is 11.7 Å². The number of carbonyl (C=O) groups is 1. The number of benzene rings is 1. The fourth-order valence-electron chi connectivity index (χ4n) is 3.23. The van der Waals surface area contributed by atoms with Crippen LogP contribution in [0.25, 0.3) is 22.2 Å². The van der Waals surface area contributed by atoms with Gasteiger partial charge in [-0.1, -0.05) is 17.3 Å². The van der Waals surface area contributed by atoms with Gasteiger partial charge in [0.1, 0.15) is 17.3 Å². The standard InChI is InChI=1S/C18H20N6O/c1-24-11-16(22-23-24)13-2-3-14-10-20-18(21-15(14)8-13)9-17(25)12-4-6-19-7-5-12/h2-3,8,10-12,19H,4-7,9H2,1H3. The summed E-state index contributed by atoms with van der Waals surface area (Å²) in [4.78, 5) is 21.4. The Kier molecular flexibility index (Phi) is 4.23. The first kappa shape index (κ1) is 15.8. The number of rotatable bonds is 4. The molecule has 7 heteroatoms. The van der Waals surface area contributed by atoms with E-state index in [1.165, 1.54) is 0 Å². The van der Waals surface area contributed by atoms with Crippen LogP contribution in [-0.4, -0.2) is 43.8 Å². The Balaban J connectivity index is 1.59. The van der Waals surface area contributed by atoms with Gasteiger partial charge < -0.3 is 5.32 Å². The summed E-state index contributed by atoms with van der Waals surface area (Å²) in [6, 6.07) is 5.92. The van der Waals surface area contributed by atoms with Gasteiger partial charge in [0.15, 0.2) is 0 Å². The van der Waals surface area contributed by atoms with Gasteiger partial charge in [0.25, 0.3) is 0 Å². The zero-order chi connectivity index (χ0) is 17.2. The molecule has 0 unspecified atom stereocenters. The molecule has 0 saturated carbocycles. The minimum atomic E-state index is 0.131. The molecule has 3 heterocycles. The molecule has 0 atom stereocenters. The highest BCUT2D eigenvalue weighted by Crippen LogP contribution is 2.22. The molecule has 4 rings (SSSR count). The number of aromatic nitrogens is 5. The molecular weight excluding hydrogens is 316 g/mol. The number of Topliss-reactive ketones (excluding diaryl/α,β-unsaturated/α-hetero) is 1. The molecule has 0 bridgehead atoms. The van der Waals surface area contributed by atoms with E-state index in [9.17, 15) is 4.79 Å². The number of hydrogen-bond acceptors (Lipinski definition) is 6. The Morgan fingerprint density at radius 2 is 2.16 bits per heavy atom. The fraction of sp³-hybridized carbons (Fsp3) is 0.389. The van der Waals surface area contributed by atoms with Gasteiger partial charge in [-0.05, 0) is 32.0 Å². The summed E-state index contributed by atoms with van der Waals surface area (Å²) in [5.41, 5.74) is 2.58. The predicted octanol–water partition coefficient (Wildman–Crippen LogP) is 1.54. The van der Waals surface area contributed by atoms with Crippen LogP contribution in [0.15, 0.2) is 30.6 Å². The molecule has 7 nitrogen and oxygen atoms in total. The third-order valence-electron chi connectivity index (χ3n) is 4.66. The highest BCUT2D eigenvalue weighted by atomic mass is 16.1. The average molecular weight is 336 g/mol. The van der Waals surface area contributed by atoms with Gasteiger partial charge in [0.05, 0.1) is 18.1 Å². The summed E-state index contributed by atoms with van der Waals surface area (Å²) in [6.07, 6.45) is 5.76. The van der Waals surface area contributed by atoms with Crippen molar-refractivity contribution in [1.29, 1.82) is 0 Å². The lowest BCUT2D eigenvalue weighted by Crippen LogP contribution is -2.32. The maximum atomic E-state index is 12.5. The van der Waals surface area contributed by atoms with Crippen molar-refractivity contribution in [1.82, 2.24) is 30.3 Å². The molecule has 0 radical (unpaired) electrons. The summed E-state index contributed by atoms with van der Waals surface area (Å²) < 4.78 is 1.67. The smallest absolute Gasteiger partial charge is 0.143 e. The van der Waals surface area contributed by atoms with E-state index in [4.69, 9.17) is 0 Å². The molecule has 1 aliphatic rings. The minimum absolute atomic E-state index is 0.131. The largest absolute Gasteiger partial charge is 0.317 e. The number of fused-ring (bicyclic) bond motifs is 1. The second-order valence-corrected chi connectivity index (χ2v) is 6.50. The second kappa shape index (κ2) is 6.68. The topological polar surface area (TPSA) is 85.6 Å². The molecule has 3 aromatic rings. The lowest BCUT2D eigenvalue weighted by molar-refractivity contribution is -0.123. The Labute approximate surface area is 145 Å². The number of nitrogens with zero attached hydrogens (tertiary/aromatic N) is 5. The summed E-state index contributed by atoms with van der Waals surface area (Å²) in [5, 5.41) is 12.3. The molecule has 1 aromatic carbocycles. The van der Waals surface area contributed by atoms with Crippen molar-refractivity contribution in [3.63, 3.8) is 0 Å². The average Bonchev–Trinajstić information content (AvgIpc) is 3.08. The quantitative estimate of drug-likeness (QED) is 0.778. The number of aryl methyl sites for hydroxylation is 1. The van der Waals surface area contributed by atoms with Crippen LogP contribution in [0.4, 0.5) is 0 Å². The summed E-state index contributed by atoms with van der Waals surface area (Å²) in [7, 11) is 1.84. The van der Waals surface area contributed by atoms with Crippen LogP contribution in [0.3, 0.4) is 0 Å². The van der Waals surface area contributed by atoms with E-state index >= 15 is 0 Å². The van der Waals surface area contributed by atoms with Crippen LogP contribution < -0.4 is 5.32 Å². The fourth-order valence-corrected chi connectivity index (χ4v) is 3.23. The molecule has 0 amide bonds. The third kappa shape index (κ3) is 3.41. The van der Waals surface area contributed by atoms with E-state index in [0.717, 1.165) is 48.1 Å². The Morgan fingerprint density at radius 3 is 2.92 bits per heavy atom. The number of ketones is 1. The van der Waals surface area contributed by atoms with Crippen LogP contribution in [0.5, 0.6) is 0 Å². The first-order valence-corrected chi connectivity index (χ1v) is 8.55. The van der Waals surface area contributed by atoms with Gasteiger partial charge in [0.2, 0.25) is 0 Å². The number of nitrogens with one attached hydrogen (secondary N) is 1. The summed E-state index contributed by atoms with van der Waals surface area (Å²) in [5.74, 6) is 0.963. The van der Waals surface area contributed by atoms with Crippen molar-refractivity contribution in [3.05, 3.63) is 36.4 Å². The van der Waals surface area contributed by atoms with Crippen LogP contribution in [0, 0.1) is 5.92 Å². The van der Waals surface area contributed by atoms with Gasteiger partial charge in [-0.2, -0.15) is 0 Å². The van der Waals surface area contributed by atoms with Crippen LogP contribution >= 0.6 is 0 Å². The third-order valence-corrected chi connectivity index (χ3v) is 4.66. The van der Waals surface area contributed by atoms with Gasteiger partial charge in [-0.3, -0.25) is 9.48 Å². The Bertz CT molecular complexity index is 913. The lowest BCUT2D eigenvalue weighted by atomic mass is 9.92. The van der Waals surface area contributed by atoms with Crippen molar-refractivity contribution in [2.75, 3.05) is 13.1 Å². The predicted molar refractivity (Wildman–Crippen MR) is 93.8 cm³/mol. The molecule has 25 heavy (non-hydrogen) atoms. The molecule has 1 aliphatic heterocycles. The van der Waals surface area contributed by atoms with E-state index < -0.39 is 0 Å². The first-order chi connectivity index (χ1) is 12.2. The normalized spacial score (nSPS) is 15.6. The van der Waals surface area contributed by atoms with E-state index in [1.54, 1.807) is 10.9 Å². The molecule has 1 N–H and O–H groups in total.